The van der Waals surface area contributed by atoms with Gasteiger partial charge in [-0.05, 0) is 53.9 Å². The summed E-state index contributed by atoms with van der Waals surface area (Å²) in [4.78, 5) is 21.7. The normalized spacial score (nSPS) is 12.8. The molecule has 3 aromatic carbocycles. The lowest BCUT2D eigenvalue weighted by Gasteiger charge is -2.29. The quantitative estimate of drug-likeness (QED) is 0.283. The molecule has 4 aromatic rings. The van der Waals surface area contributed by atoms with Crippen LogP contribution in [0, 0.1) is 0 Å². The van der Waals surface area contributed by atoms with Gasteiger partial charge < -0.3 is 9.87 Å². The molecule has 1 aromatic heterocycles. The maximum Gasteiger partial charge on any atom is 0.253 e. The van der Waals surface area contributed by atoms with Crippen molar-refractivity contribution >= 4 is 74.4 Å². The molecule has 180 valence electrons. The van der Waals surface area contributed by atoms with Crippen molar-refractivity contribution < 1.29 is 13.6 Å². The Balaban J connectivity index is 1.67. The Bertz CT molecular complexity index is 1430. The molecule has 0 bridgehead atoms. The predicted molar refractivity (Wildman–Crippen MR) is 139 cm³/mol. The summed E-state index contributed by atoms with van der Waals surface area (Å²) >= 11 is 15.5. The molecule has 1 N–H and O–H groups in total. The summed E-state index contributed by atoms with van der Waals surface area (Å²) in [5.74, 6) is -0.548. The summed E-state index contributed by atoms with van der Waals surface area (Å²) in [5, 5.41) is 4.00. The molecular formula is C24H18Cl3N4O3S-. The van der Waals surface area contributed by atoms with Gasteiger partial charge in [0.2, 0.25) is 0 Å². The number of amides is 1. The van der Waals surface area contributed by atoms with Crippen molar-refractivity contribution in [2.24, 2.45) is 0 Å². The van der Waals surface area contributed by atoms with Crippen LogP contribution in [0.2, 0.25) is 15.1 Å². The molecule has 2 unspecified atom stereocenters. The molecule has 0 saturated heterocycles. The van der Waals surface area contributed by atoms with Gasteiger partial charge >= 0.3 is 0 Å². The predicted octanol–water partition coefficient (Wildman–Crippen LogP) is 6.06. The van der Waals surface area contributed by atoms with E-state index in [2.05, 4.69) is 15.3 Å². The summed E-state index contributed by atoms with van der Waals surface area (Å²) in [6, 6.07) is 14.7. The third kappa shape index (κ3) is 5.58. The first-order chi connectivity index (χ1) is 16.8. The number of aromatic nitrogens is 2. The molecule has 0 spiro atoms. The van der Waals surface area contributed by atoms with E-state index in [0.717, 1.165) is 9.87 Å². The first-order valence-electron chi connectivity index (χ1n) is 10.4. The van der Waals surface area contributed by atoms with Crippen LogP contribution in [0.25, 0.3) is 11.0 Å². The van der Waals surface area contributed by atoms with Crippen molar-refractivity contribution in [3.63, 3.8) is 0 Å². The average molecular weight is 549 g/mol. The molecular weight excluding hydrogens is 531 g/mol. The van der Waals surface area contributed by atoms with E-state index in [-0.39, 0.29) is 34.4 Å². The van der Waals surface area contributed by atoms with E-state index < -0.39 is 17.2 Å². The fourth-order valence-electron chi connectivity index (χ4n) is 3.57. The Morgan fingerprint density at radius 2 is 1.80 bits per heavy atom. The van der Waals surface area contributed by atoms with Gasteiger partial charge in [0.05, 0.1) is 43.8 Å². The van der Waals surface area contributed by atoms with Crippen LogP contribution < -0.4 is 9.62 Å². The van der Waals surface area contributed by atoms with Gasteiger partial charge in [-0.2, -0.15) is 0 Å². The van der Waals surface area contributed by atoms with E-state index in [1.165, 1.54) is 30.6 Å². The van der Waals surface area contributed by atoms with Crippen molar-refractivity contribution in [2.45, 2.75) is 12.8 Å². The monoisotopic (exact) mass is 547 g/mol. The summed E-state index contributed by atoms with van der Waals surface area (Å²) in [6.07, 6.45) is 2.98. The van der Waals surface area contributed by atoms with E-state index in [1.807, 2.05) is 13.0 Å². The third-order valence-corrected chi connectivity index (χ3v) is 7.02. The van der Waals surface area contributed by atoms with Gasteiger partial charge in [-0.15, -0.1) is 0 Å². The van der Waals surface area contributed by atoms with E-state index in [9.17, 15) is 13.6 Å². The lowest BCUT2D eigenvalue weighted by Crippen LogP contribution is -2.30. The molecule has 7 nitrogen and oxygen atoms in total. The van der Waals surface area contributed by atoms with Crippen LogP contribution >= 0.6 is 34.8 Å². The molecule has 35 heavy (non-hydrogen) atoms. The molecule has 4 rings (SSSR count). The Kier molecular flexibility index (Phi) is 7.88. The van der Waals surface area contributed by atoms with Crippen LogP contribution in [0.4, 0.5) is 11.4 Å². The number of carbonyl (C=O) groups is 1. The number of rotatable bonds is 7. The first-order valence-corrected chi connectivity index (χ1v) is 12.5. The highest BCUT2D eigenvalue weighted by molar-refractivity contribution is 7.81. The van der Waals surface area contributed by atoms with Gasteiger partial charge in [-0.3, -0.25) is 23.3 Å². The number of para-hydroxylation sites is 1. The second-order valence-electron chi connectivity index (χ2n) is 7.66. The Labute approximate surface area is 219 Å². The summed E-state index contributed by atoms with van der Waals surface area (Å²) in [6.45, 7) is 2.20. The van der Waals surface area contributed by atoms with Crippen molar-refractivity contribution in [3.8, 4) is 0 Å². The maximum atomic E-state index is 13.2. The lowest BCUT2D eigenvalue weighted by atomic mass is 10.0. The van der Waals surface area contributed by atoms with Crippen LogP contribution in [0.3, 0.4) is 0 Å². The fourth-order valence-corrected chi connectivity index (χ4v) is 4.67. The zero-order valence-electron chi connectivity index (χ0n) is 18.2. The van der Waals surface area contributed by atoms with Gasteiger partial charge in [0, 0.05) is 24.0 Å². The smallest absolute Gasteiger partial charge is 0.253 e. The second-order valence-corrected chi connectivity index (χ2v) is 9.71. The Morgan fingerprint density at radius 1 is 1.03 bits per heavy atom. The van der Waals surface area contributed by atoms with Crippen molar-refractivity contribution in [1.82, 2.24) is 15.3 Å². The number of fused-ring (bicyclic) bond motifs is 1. The SMILES string of the molecule is CC(CNC(=O)c1ccc(Cl)cc1N(c1cccc2nccnc12)S(=O)[O-])c1ccc(Cl)c(Cl)c1. The number of nitrogens with zero attached hydrogens (tertiary/aromatic N) is 3. The van der Waals surface area contributed by atoms with Crippen molar-refractivity contribution in [1.29, 1.82) is 0 Å². The molecule has 2 atom stereocenters. The highest BCUT2D eigenvalue weighted by Crippen LogP contribution is 2.35. The summed E-state index contributed by atoms with van der Waals surface area (Å²) < 4.78 is 25.8. The minimum Gasteiger partial charge on any atom is -0.755 e. The zero-order valence-corrected chi connectivity index (χ0v) is 21.3. The minimum absolute atomic E-state index is 0.0810. The number of carbonyl (C=O) groups excluding carboxylic acids is 1. The summed E-state index contributed by atoms with van der Waals surface area (Å²) in [7, 11) is 0. The van der Waals surface area contributed by atoms with Crippen molar-refractivity contribution in [2.75, 3.05) is 10.8 Å². The fraction of sp³-hybridized carbons (Fsp3) is 0.125. The van der Waals surface area contributed by atoms with E-state index in [1.54, 1.807) is 30.3 Å². The molecule has 0 aliphatic heterocycles. The zero-order chi connectivity index (χ0) is 25.1. The van der Waals surface area contributed by atoms with Crippen LogP contribution in [0.15, 0.2) is 67.0 Å². The number of hydrogen-bond donors (Lipinski definition) is 1. The number of hydrogen-bond acceptors (Lipinski definition) is 5. The molecule has 0 saturated carbocycles. The maximum absolute atomic E-state index is 13.2. The highest BCUT2D eigenvalue weighted by Gasteiger charge is 2.22. The molecule has 1 heterocycles. The van der Waals surface area contributed by atoms with Crippen molar-refractivity contribution in [3.05, 3.63) is 93.2 Å². The lowest BCUT2D eigenvalue weighted by molar-refractivity contribution is 0.0952. The van der Waals surface area contributed by atoms with E-state index in [0.29, 0.717) is 21.1 Å². The number of benzene rings is 3. The van der Waals surface area contributed by atoms with Crippen LogP contribution in [0.5, 0.6) is 0 Å². The average Bonchev–Trinajstić information content (AvgIpc) is 2.84. The standard InChI is InChI=1S/C24H19Cl3N4O3S/c1-14(15-5-8-18(26)19(27)11-15)13-30-24(32)17-7-6-16(25)12-22(17)31(35(33)34)21-4-2-3-20-23(21)29-10-9-28-20/h2-12,14H,13H2,1H3,(H,30,32)(H,33,34)/p-1. The van der Waals surface area contributed by atoms with Gasteiger partial charge in [0.1, 0.15) is 5.52 Å². The number of anilines is 2. The largest absolute Gasteiger partial charge is 0.755 e. The topological polar surface area (TPSA) is 98.2 Å². The Hall–Kier alpha value is -2.75. The van der Waals surface area contributed by atoms with E-state index >= 15 is 0 Å². The van der Waals surface area contributed by atoms with Gasteiger partial charge in [0.15, 0.2) is 0 Å². The summed E-state index contributed by atoms with van der Waals surface area (Å²) in [5.41, 5.74) is 2.21. The van der Waals surface area contributed by atoms with Gasteiger partial charge in [-0.1, -0.05) is 53.9 Å². The molecule has 0 radical (unpaired) electrons. The van der Waals surface area contributed by atoms with Crippen LogP contribution in [-0.4, -0.2) is 31.2 Å². The molecule has 0 fully saturated rings. The molecule has 0 aliphatic rings. The number of nitrogens with one attached hydrogen (secondary N) is 1. The second kappa shape index (κ2) is 10.9. The van der Waals surface area contributed by atoms with Crippen LogP contribution in [0.1, 0.15) is 28.8 Å². The first kappa shape index (κ1) is 25.3. The molecule has 1 amide bonds. The van der Waals surface area contributed by atoms with Crippen LogP contribution in [-0.2, 0) is 11.3 Å². The minimum atomic E-state index is -2.79. The third-order valence-electron chi connectivity index (χ3n) is 5.35. The van der Waals surface area contributed by atoms with E-state index in [4.69, 9.17) is 34.8 Å². The van der Waals surface area contributed by atoms with Gasteiger partial charge in [0.25, 0.3) is 5.91 Å². The van der Waals surface area contributed by atoms with Gasteiger partial charge in [-0.25, -0.2) is 0 Å². The molecule has 11 heteroatoms. The molecule has 0 aliphatic carbocycles. The number of halogens is 3. The Morgan fingerprint density at radius 3 is 2.54 bits per heavy atom. The highest BCUT2D eigenvalue weighted by atomic mass is 35.5.